The maximum absolute atomic E-state index is 13.8. The van der Waals surface area contributed by atoms with Crippen molar-refractivity contribution in [2.75, 3.05) is 6.54 Å². The minimum Gasteiger partial charge on any atom is -0.434 e. The number of nitrogens with zero attached hydrogens (tertiary/aromatic N) is 1. The highest BCUT2D eigenvalue weighted by Crippen LogP contribution is 2.65. The second-order valence-electron chi connectivity index (χ2n) is 13.2. The monoisotopic (exact) mass is 562 g/mol. The van der Waals surface area contributed by atoms with E-state index in [-0.39, 0.29) is 37.6 Å². The molecule has 222 valence electrons. The molecule has 0 radical (unpaired) electrons. The van der Waals surface area contributed by atoms with Gasteiger partial charge in [-0.1, -0.05) is 47.5 Å². The Morgan fingerprint density at radius 2 is 1.62 bits per heavy atom. The normalized spacial score (nSPS) is 25.7. The molecule has 4 N–H and O–H groups in total. The smallest absolute Gasteiger partial charge is 0.427 e. The van der Waals surface area contributed by atoms with Crippen LogP contribution in [-0.4, -0.2) is 70.9 Å². The van der Waals surface area contributed by atoms with E-state index in [1.165, 1.54) is 4.90 Å². The number of ether oxygens (including phenoxy) is 1. The van der Waals surface area contributed by atoms with Crippen molar-refractivity contribution in [1.29, 1.82) is 0 Å². The number of amides is 4. The fourth-order valence-electron chi connectivity index (χ4n) is 5.41. The van der Waals surface area contributed by atoms with Gasteiger partial charge in [0.2, 0.25) is 23.2 Å². The van der Waals surface area contributed by atoms with Crippen molar-refractivity contribution >= 4 is 29.6 Å². The van der Waals surface area contributed by atoms with Gasteiger partial charge in [0.15, 0.2) is 0 Å². The summed E-state index contributed by atoms with van der Waals surface area (Å²) in [5.41, 5.74) is 1.16. The number of rotatable bonds is 9. The van der Waals surface area contributed by atoms with Crippen LogP contribution in [0.15, 0.2) is 0 Å². The molecule has 3 fully saturated rings. The number of halogens is 3. The molecule has 10 nitrogen and oxygen atoms in total. The molecule has 13 heteroatoms. The average molecular weight is 563 g/mol. The number of carbonyl (C=O) groups excluding carboxylic acids is 5. The first kappa shape index (κ1) is 30.7. The first-order valence-corrected chi connectivity index (χ1v) is 13.1. The largest absolute Gasteiger partial charge is 0.434 e. The molecule has 1 aliphatic heterocycles. The van der Waals surface area contributed by atoms with E-state index in [0.29, 0.717) is 13.8 Å². The predicted molar refractivity (Wildman–Crippen MR) is 135 cm³/mol. The standard InChI is InChI=1S/C26H39F3N4O6.H2/c1-23(2,3)18(32-22(38)39-25(6,7)26(27,28)29)21(37)33-11-13-15(24(13,4)5)16(33)20(36)31-14(10-12-8-9-12)17(34)19(30)35;/h12-16,18H,8-11H2,1-7H3,(H2,30,35)(H,31,36)(H,32,38);1H/t13-,14?,15-,16?,18+;/m0./s1. The van der Waals surface area contributed by atoms with Gasteiger partial charge in [-0.3, -0.25) is 19.2 Å². The van der Waals surface area contributed by atoms with Crippen LogP contribution in [0.4, 0.5) is 18.0 Å². The summed E-state index contributed by atoms with van der Waals surface area (Å²) in [5.74, 6) is -3.45. The summed E-state index contributed by atoms with van der Waals surface area (Å²) in [5, 5.41) is 4.92. The molecule has 2 saturated carbocycles. The number of hydrogen-bond acceptors (Lipinski definition) is 6. The van der Waals surface area contributed by atoms with Crippen molar-refractivity contribution in [3.05, 3.63) is 0 Å². The summed E-state index contributed by atoms with van der Waals surface area (Å²) >= 11 is 0. The van der Waals surface area contributed by atoms with Crippen molar-refractivity contribution in [1.82, 2.24) is 15.5 Å². The highest BCUT2D eigenvalue weighted by molar-refractivity contribution is 6.37. The molecule has 4 amide bonds. The van der Waals surface area contributed by atoms with Crippen LogP contribution in [0.3, 0.4) is 0 Å². The Balaban J connectivity index is 0.00000560. The fraction of sp³-hybridized carbons (Fsp3) is 0.808. The molecule has 3 rings (SSSR count). The molecule has 0 aromatic carbocycles. The minimum absolute atomic E-state index is 0. The molecular weight excluding hydrogens is 521 g/mol. The van der Waals surface area contributed by atoms with Crippen LogP contribution < -0.4 is 16.4 Å². The Bertz CT molecular complexity index is 1050. The number of ketones is 1. The molecule has 39 heavy (non-hydrogen) atoms. The van der Waals surface area contributed by atoms with Crippen LogP contribution in [0.25, 0.3) is 0 Å². The first-order valence-electron chi connectivity index (χ1n) is 13.1. The van der Waals surface area contributed by atoms with E-state index in [1.54, 1.807) is 20.8 Å². The fourth-order valence-corrected chi connectivity index (χ4v) is 5.41. The molecule has 2 aliphatic carbocycles. The Kier molecular flexibility index (Phi) is 7.83. The second kappa shape index (κ2) is 9.96. The first-order chi connectivity index (χ1) is 17.6. The summed E-state index contributed by atoms with van der Waals surface area (Å²) in [6.07, 6.45) is -4.27. The van der Waals surface area contributed by atoms with E-state index < -0.39 is 64.9 Å². The number of alkyl carbamates (subject to hydrolysis) is 1. The summed E-state index contributed by atoms with van der Waals surface area (Å²) in [6, 6.07) is -3.44. The van der Waals surface area contributed by atoms with Crippen LogP contribution in [0, 0.1) is 28.6 Å². The number of carbonyl (C=O) groups is 5. The maximum Gasteiger partial charge on any atom is 0.427 e. The molecule has 0 aromatic heterocycles. The van der Waals surface area contributed by atoms with Gasteiger partial charge in [0, 0.05) is 7.97 Å². The minimum atomic E-state index is -4.84. The summed E-state index contributed by atoms with van der Waals surface area (Å²) in [6.45, 7) is 10.4. The third-order valence-corrected chi connectivity index (χ3v) is 8.31. The molecule has 1 saturated heterocycles. The topological polar surface area (TPSA) is 148 Å². The Labute approximate surface area is 227 Å². The maximum atomic E-state index is 13.8. The lowest BCUT2D eigenvalue weighted by molar-refractivity contribution is -0.244. The number of primary amides is 1. The van der Waals surface area contributed by atoms with Crippen molar-refractivity contribution in [3.8, 4) is 0 Å². The van der Waals surface area contributed by atoms with Crippen molar-refractivity contribution in [2.24, 2.45) is 34.3 Å². The Hall–Kier alpha value is -2.86. The lowest BCUT2D eigenvalue weighted by Crippen LogP contribution is -2.61. The third kappa shape index (κ3) is 6.32. The quantitative estimate of drug-likeness (QED) is 0.368. The molecule has 2 unspecified atom stereocenters. The number of nitrogens with one attached hydrogen (secondary N) is 2. The zero-order chi connectivity index (χ0) is 29.9. The zero-order valence-electron chi connectivity index (χ0n) is 23.4. The van der Waals surface area contributed by atoms with Gasteiger partial charge >= 0.3 is 12.3 Å². The molecule has 1 heterocycles. The van der Waals surface area contributed by atoms with Crippen LogP contribution in [-0.2, 0) is 23.9 Å². The highest BCUT2D eigenvalue weighted by Gasteiger charge is 2.70. The number of alkyl halides is 3. The van der Waals surface area contributed by atoms with E-state index in [1.807, 2.05) is 13.8 Å². The van der Waals surface area contributed by atoms with Gasteiger partial charge in [0.05, 0.1) is 6.04 Å². The van der Waals surface area contributed by atoms with Crippen LogP contribution in [0.1, 0.15) is 69.2 Å². The lowest BCUT2D eigenvalue weighted by atomic mass is 9.85. The second-order valence-corrected chi connectivity index (χ2v) is 13.2. The summed E-state index contributed by atoms with van der Waals surface area (Å²) < 4.78 is 44.4. The van der Waals surface area contributed by atoms with Gasteiger partial charge in [-0.25, -0.2) is 4.79 Å². The van der Waals surface area contributed by atoms with Gasteiger partial charge in [-0.05, 0) is 48.9 Å². The Morgan fingerprint density at radius 3 is 2.08 bits per heavy atom. The molecular formula is C26H41F3N4O6. The molecule has 0 bridgehead atoms. The molecule has 3 aliphatic rings. The van der Waals surface area contributed by atoms with Gasteiger partial charge in [-0.2, -0.15) is 13.2 Å². The van der Waals surface area contributed by atoms with Gasteiger partial charge < -0.3 is 26.0 Å². The lowest BCUT2D eigenvalue weighted by Gasteiger charge is -2.38. The van der Waals surface area contributed by atoms with Crippen molar-refractivity contribution in [2.45, 2.75) is 97.6 Å². The predicted octanol–water partition coefficient (Wildman–Crippen LogP) is 2.54. The van der Waals surface area contributed by atoms with E-state index in [9.17, 15) is 37.1 Å². The van der Waals surface area contributed by atoms with Crippen LogP contribution in [0.5, 0.6) is 0 Å². The highest BCUT2D eigenvalue weighted by atomic mass is 19.4. The SMILES string of the molecule is CC(C)(C)[C@H](NC(=O)OC(C)(C)C(F)(F)F)C(=O)N1C[C@H]2[C@@H](C1C(=O)NC(CC1CC1)C(=O)C(N)=O)C2(C)C.[HH]. The number of fused-ring (bicyclic) bond motifs is 1. The average Bonchev–Trinajstić information content (AvgIpc) is 3.61. The number of piperidine rings is 1. The zero-order valence-corrected chi connectivity index (χ0v) is 23.4. The Morgan fingerprint density at radius 1 is 1.05 bits per heavy atom. The number of Topliss-reactive ketones (excluding diaryl/α,β-unsaturated/α-hetero) is 1. The van der Waals surface area contributed by atoms with Gasteiger partial charge in [0.25, 0.3) is 5.91 Å². The number of nitrogens with two attached hydrogens (primary N) is 1. The third-order valence-electron chi connectivity index (χ3n) is 8.31. The van der Waals surface area contributed by atoms with E-state index in [4.69, 9.17) is 5.73 Å². The van der Waals surface area contributed by atoms with Crippen LogP contribution >= 0.6 is 0 Å². The van der Waals surface area contributed by atoms with Gasteiger partial charge in [0.1, 0.15) is 12.1 Å². The number of likely N-dealkylation sites (tertiary alicyclic amines) is 1. The van der Waals surface area contributed by atoms with Gasteiger partial charge in [-0.15, -0.1) is 0 Å². The molecule has 0 spiro atoms. The molecule has 5 atom stereocenters. The van der Waals surface area contributed by atoms with E-state index in [2.05, 4.69) is 15.4 Å². The van der Waals surface area contributed by atoms with Crippen molar-refractivity contribution in [3.63, 3.8) is 0 Å². The van der Waals surface area contributed by atoms with E-state index in [0.717, 1.165) is 12.8 Å². The van der Waals surface area contributed by atoms with E-state index >= 15 is 0 Å². The summed E-state index contributed by atoms with van der Waals surface area (Å²) in [7, 11) is 0. The number of hydrogen-bond donors (Lipinski definition) is 3. The van der Waals surface area contributed by atoms with Crippen molar-refractivity contribution < 1.29 is 43.3 Å². The van der Waals surface area contributed by atoms with Crippen LogP contribution in [0.2, 0.25) is 0 Å². The summed E-state index contributed by atoms with van der Waals surface area (Å²) in [4.78, 5) is 65.2. The molecule has 0 aromatic rings.